The van der Waals surface area contributed by atoms with E-state index in [1.807, 2.05) is 25.1 Å². The number of anilines is 1. The van der Waals surface area contributed by atoms with Gasteiger partial charge in [0.1, 0.15) is 5.75 Å². The van der Waals surface area contributed by atoms with Crippen molar-refractivity contribution in [1.82, 2.24) is 5.32 Å². The summed E-state index contributed by atoms with van der Waals surface area (Å²) in [7, 11) is 1.63. The molecule has 0 unspecified atom stereocenters. The second-order valence-electron chi connectivity index (χ2n) is 4.76. The molecule has 1 fully saturated rings. The molecule has 1 aliphatic heterocycles. The summed E-state index contributed by atoms with van der Waals surface area (Å²) in [5.74, 6) is 0.0206. The fourth-order valence-corrected chi connectivity index (χ4v) is 2.16. The van der Waals surface area contributed by atoms with E-state index in [2.05, 4.69) is 10.6 Å². The highest BCUT2D eigenvalue weighted by molar-refractivity contribution is 5.70. The first-order valence-electron chi connectivity index (χ1n) is 5.90. The molecule has 0 saturated carbocycles. The lowest BCUT2D eigenvalue weighted by atomic mass is 9.88. The van der Waals surface area contributed by atoms with Crippen LogP contribution in [0.15, 0.2) is 18.2 Å². The number of hydrogen-bond acceptors (Lipinski definition) is 4. The highest BCUT2D eigenvalue weighted by Crippen LogP contribution is 2.27. The fourth-order valence-electron chi connectivity index (χ4n) is 2.16. The van der Waals surface area contributed by atoms with Gasteiger partial charge < -0.3 is 20.5 Å². The van der Waals surface area contributed by atoms with Gasteiger partial charge >= 0.3 is 5.97 Å². The molecule has 0 aromatic heterocycles. The number of carboxylic acid groups (broad SMARTS) is 1. The van der Waals surface area contributed by atoms with E-state index in [1.54, 1.807) is 7.11 Å². The zero-order valence-corrected chi connectivity index (χ0v) is 10.6. The summed E-state index contributed by atoms with van der Waals surface area (Å²) in [5, 5.41) is 15.4. The van der Waals surface area contributed by atoms with E-state index >= 15 is 0 Å². The average molecular weight is 250 g/mol. The molecular formula is C13H18N2O3. The first-order chi connectivity index (χ1) is 8.54. The molecule has 0 atom stereocenters. The zero-order chi connectivity index (χ0) is 13.2. The van der Waals surface area contributed by atoms with E-state index in [9.17, 15) is 4.79 Å². The van der Waals surface area contributed by atoms with Gasteiger partial charge in [0.25, 0.3) is 0 Å². The summed E-state index contributed by atoms with van der Waals surface area (Å²) in [6.45, 7) is 3.32. The standard InChI is InChI=1S/C13H18N2O3/c1-9-5-10(18-2)3-4-11(9)15-13(6-12(16)17)7-14-8-13/h3-5,14-15H,6-8H2,1-2H3,(H,16,17). The van der Waals surface area contributed by atoms with Crippen molar-refractivity contribution < 1.29 is 14.6 Å². The van der Waals surface area contributed by atoms with Gasteiger partial charge in [0.05, 0.1) is 19.1 Å². The van der Waals surface area contributed by atoms with Crippen molar-refractivity contribution in [2.24, 2.45) is 0 Å². The number of methoxy groups -OCH3 is 1. The number of carbonyl (C=O) groups is 1. The maximum atomic E-state index is 10.9. The van der Waals surface area contributed by atoms with Gasteiger partial charge in [0, 0.05) is 18.8 Å². The number of ether oxygens (including phenoxy) is 1. The van der Waals surface area contributed by atoms with E-state index in [4.69, 9.17) is 9.84 Å². The lowest BCUT2D eigenvalue weighted by Crippen LogP contribution is -2.65. The SMILES string of the molecule is COc1ccc(NC2(CC(=O)O)CNC2)c(C)c1. The van der Waals surface area contributed by atoms with E-state index in [0.717, 1.165) is 17.0 Å². The van der Waals surface area contributed by atoms with Crippen LogP contribution in [0.25, 0.3) is 0 Å². The highest BCUT2D eigenvalue weighted by Gasteiger charge is 2.39. The number of aryl methyl sites for hydroxylation is 1. The molecule has 1 heterocycles. The normalized spacial score (nSPS) is 16.8. The second-order valence-corrected chi connectivity index (χ2v) is 4.76. The van der Waals surface area contributed by atoms with Crippen molar-refractivity contribution in [3.05, 3.63) is 23.8 Å². The average Bonchev–Trinajstić information content (AvgIpc) is 2.28. The molecule has 18 heavy (non-hydrogen) atoms. The van der Waals surface area contributed by atoms with Crippen LogP contribution in [0.3, 0.4) is 0 Å². The van der Waals surface area contributed by atoms with Crippen molar-refractivity contribution in [1.29, 1.82) is 0 Å². The van der Waals surface area contributed by atoms with Crippen LogP contribution >= 0.6 is 0 Å². The maximum Gasteiger partial charge on any atom is 0.305 e. The van der Waals surface area contributed by atoms with Crippen molar-refractivity contribution in [3.8, 4) is 5.75 Å². The largest absolute Gasteiger partial charge is 0.497 e. The Morgan fingerprint density at radius 1 is 1.56 bits per heavy atom. The second kappa shape index (κ2) is 4.86. The minimum atomic E-state index is -0.782. The number of hydrogen-bond donors (Lipinski definition) is 3. The Kier molecular flexibility index (Phi) is 3.43. The first-order valence-corrected chi connectivity index (χ1v) is 5.90. The Bertz CT molecular complexity index is 456. The molecule has 0 radical (unpaired) electrons. The molecular weight excluding hydrogens is 232 g/mol. The highest BCUT2D eigenvalue weighted by atomic mass is 16.5. The summed E-state index contributed by atoms with van der Waals surface area (Å²) >= 11 is 0. The van der Waals surface area contributed by atoms with Crippen LogP contribution in [0.5, 0.6) is 5.75 Å². The van der Waals surface area contributed by atoms with Crippen LogP contribution in [0, 0.1) is 6.92 Å². The molecule has 0 amide bonds. The first kappa shape index (κ1) is 12.7. The molecule has 2 rings (SSSR count). The minimum absolute atomic E-state index is 0.117. The number of nitrogens with one attached hydrogen (secondary N) is 2. The molecule has 1 aliphatic rings. The van der Waals surface area contributed by atoms with Crippen molar-refractivity contribution in [2.75, 3.05) is 25.5 Å². The Balaban J connectivity index is 2.14. The van der Waals surface area contributed by atoms with Gasteiger partial charge in [-0.2, -0.15) is 0 Å². The Hall–Kier alpha value is -1.75. The smallest absolute Gasteiger partial charge is 0.305 e. The molecule has 1 aromatic carbocycles. The van der Waals surface area contributed by atoms with Gasteiger partial charge in [0.2, 0.25) is 0 Å². The molecule has 0 spiro atoms. The molecule has 1 aromatic rings. The molecule has 1 saturated heterocycles. The van der Waals surface area contributed by atoms with Crippen molar-refractivity contribution in [2.45, 2.75) is 18.9 Å². The number of benzene rings is 1. The number of aliphatic carboxylic acids is 1. The summed E-state index contributed by atoms with van der Waals surface area (Å²) in [4.78, 5) is 10.9. The molecule has 0 aliphatic carbocycles. The van der Waals surface area contributed by atoms with E-state index in [1.165, 1.54) is 0 Å². The maximum absolute atomic E-state index is 10.9. The number of carboxylic acids is 1. The molecule has 5 nitrogen and oxygen atoms in total. The third kappa shape index (κ3) is 2.56. The number of rotatable bonds is 5. The van der Waals surface area contributed by atoms with Crippen LogP contribution in [0.4, 0.5) is 5.69 Å². The third-order valence-corrected chi connectivity index (χ3v) is 3.25. The Labute approximate surface area is 106 Å². The minimum Gasteiger partial charge on any atom is -0.497 e. The van der Waals surface area contributed by atoms with E-state index in [0.29, 0.717) is 13.1 Å². The van der Waals surface area contributed by atoms with Crippen LogP contribution < -0.4 is 15.4 Å². The summed E-state index contributed by atoms with van der Waals surface area (Å²) in [6.07, 6.45) is 0.117. The van der Waals surface area contributed by atoms with Crippen LogP contribution in [-0.4, -0.2) is 36.8 Å². The van der Waals surface area contributed by atoms with Crippen molar-refractivity contribution in [3.63, 3.8) is 0 Å². The van der Waals surface area contributed by atoms with Gasteiger partial charge in [-0.3, -0.25) is 4.79 Å². The quantitative estimate of drug-likeness (QED) is 0.733. The molecule has 3 N–H and O–H groups in total. The van der Waals surface area contributed by atoms with Gasteiger partial charge in [-0.1, -0.05) is 0 Å². The molecule has 0 bridgehead atoms. The predicted molar refractivity (Wildman–Crippen MR) is 69.2 cm³/mol. The summed E-state index contributed by atoms with van der Waals surface area (Å²) in [5.41, 5.74) is 1.63. The Morgan fingerprint density at radius 2 is 2.28 bits per heavy atom. The van der Waals surface area contributed by atoms with Gasteiger partial charge in [-0.25, -0.2) is 0 Å². The molecule has 98 valence electrons. The predicted octanol–water partition coefficient (Wildman–Crippen LogP) is 1.23. The molecule has 5 heteroatoms. The third-order valence-electron chi connectivity index (χ3n) is 3.25. The Morgan fingerprint density at radius 3 is 2.72 bits per heavy atom. The van der Waals surface area contributed by atoms with Gasteiger partial charge in [0.15, 0.2) is 0 Å². The van der Waals surface area contributed by atoms with Crippen molar-refractivity contribution >= 4 is 11.7 Å². The lowest BCUT2D eigenvalue weighted by molar-refractivity contribution is -0.138. The summed E-state index contributed by atoms with van der Waals surface area (Å²) < 4.78 is 5.15. The van der Waals surface area contributed by atoms with E-state index in [-0.39, 0.29) is 12.0 Å². The van der Waals surface area contributed by atoms with Crippen LogP contribution in [-0.2, 0) is 4.79 Å². The van der Waals surface area contributed by atoms with Crippen LogP contribution in [0.1, 0.15) is 12.0 Å². The monoisotopic (exact) mass is 250 g/mol. The van der Waals surface area contributed by atoms with Gasteiger partial charge in [-0.15, -0.1) is 0 Å². The van der Waals surface area contributed by atoms with Gasteiger partial charge in [-0.05, 0) is 30.7 Å². The zero-order valence-electron chi connectivity index (χ0n) is 10.6. The topological polar surface area (TPSA) is 70.6 Å². The fraction of sp³-hybridized carbons (Fsp3) is 0.462. The summed E-state index contributed by atoms with van der Waals surface area (Å²) in [6, 6.07) is 5.73. The van der Waals surface area contributed by atoms with Crippen LogP contribution in [0.2, 0.25) is 0 Å². The lowest BCUT2D eigenvalue weighted by Gasteiger charge is -2.43. The van der Waals surface area contributed by atoms with E-state index < -0.39 is 5.97 Å².